The van der Waals surface area contributed by atoms with Crippen LogP contribution in [0.1, 0.15) is 64.4 Å². The smallest absolute Gasteiger partial charge is 0.359 e. The molecule has 0 aliphatic carbocycles. The maximum atomic E-state index is 12.5. The summed E-state index contributed by atoms with van der Waals surface area (Å²) in [5.41, 5.74) is 0.623. The Hall–Kier alpha value is -1.06. The maximum absolute atomic E-state index is 12.5. The Balaban J connectivity index is 2.66. The third kappa shape index (κ3) is 6.92. The standard InChI is InChI=1S/C19H29ClO3/c1-3-5-7-12-16-23-19(20,17-13-9-8-10-14-17)18(21)22-15-11-6-4-2/h8-10,13-14H,3-7,11-12,15-16H2,1-2H3. The molecule has 0 saturated heterocycles. The zero-order chi connectivity index (χ0) is 17.0. The highest BCUT2D eigenvalue weighted by atomic mass is 35.5. The Labute approximate surface area is 145 Å². The summed E-state index contributed by atoms with van der Waals surface area (Å²) in [6.07, 6.45) is 7.24. The molecule has 0 aliphatic rings. The molecule has 0 N–H and O–H groups in total. The fraction of sp³-hybridized carbons (Fsp3) is 0.632. The number of benzene rings is 1. The van der Waals surface area contributed by atoms with Crippen LogP contribution in [0.2, 0.25) is 0 Å². The largest absolute Gasteiger partial charge is 0.462 e. The third-order valence-electron chi connectivity index (χ3n) is 3.69. The van der Waals surface area contributed by atoms with Crippen molar-refractivity contribution >= 4 is 17.6 Å². The van der Waals surface area contributed by atoms with Crippen LogP contribution in [0.25, 0.3) is 0 Å². The molecule has 1 atom stereocenters. The molecule has 1 unspecified atom stereocenters. The van der Waals surface area contributed by atoms with Crippen LogP contribution in [0.15, 0.2) is 30.3 Å². The number of ether oxygens (including phenoxy) is 2. The van der Waals surface area contributed by atoms with Crippen LogP contribution < -0.4 is 0 Å². The van der Waals surface area contributed by atoms with Crippen molar-refractivity contribution in [3.8, 4) is 0 Å². The summed E-state index contributed by atoms with van der Waals surface area (Å²) in [5.74, 6) is -0.517. The average molecular weight is 341 g/mol. The van der Waals surface area contributed by atoms with Gasteiger partial charge in [0.2, 0.25) is 0 Å². The minimum atomic E-state index is -1.54. The van der Waals surface area contributed by atoms with Gasteiger partial charge in [-0.05, 0) is 12.8 Å². The average Bonchev–Trinajstić information content (AvgIpc) is 2.59. The number of unbranched alkanes of at least 4 members (excludes halogenated alkanes) is 5. The molecule has 0 fully saturated rings. The molecule has 130 valence electrons. The molecule has 0 amide bonds. The lowest BCUT2D eigenvalue weighted by molar-refractivity contribution is -0.163. The molecule has 0 saturated carbocycles. The highest BCUT2D eigenvalue weighted by Crippen LogP contribution is 2.32. The Morgan fingerprint density at radius 3 is 2.22 bits per heavy atom. The zero-order valence-corrected chi connectivity index (χ0v) is 15.1. The Morgan fingerprint density at radius 1 is 0.957 bits per heavy atom. The van der Waals surface area contributed by atoms with Gasteiger partial charge in [0, 0.05) is 12.2 Å². The number of carbonyl (C=O) groups excluding carboxylic acids is 1. The summed E-state index contributed by atoms with van der Waals surface area (Å²) < 4.78 is 11.1. The normalized spacial score (nSPS) is 13.5. The second-order valence-corrected chi connectivity index (χ2v) is 6.25. The maximum Gasteiger partial charge on any atom is 0.359 e. The van der Waals surface area contributed by atoms with E-state index in [4.69, 9.17) is 21.1 Å². The third-order valence-corrected chi connectivity index (χ3v) is 4.17. The van der Waals surface area contributed by atoms with Gasteiger partial charge < -0.3 is 9.47 Å². The Kier molecular flexibility index (Phi) is 9.97. The van der Waals surface area contributed by atoms with Crippen LogP contribution in [-0.4, -0.2) is 19.2 Å². The van der Waals surface area contributed by atoms with Gasteiger partial charge in [0.05, 0.1) is 6.61 Å². The summed E-state index contributed by atoms with van der Waals surface area (Å²) in [5, 5.41) is -1.54. The zero-order valence-electron chi connectivity index (χ0n) is 14.4. The fourth-order valence-electron chi connectivity index (χ4n) is 2.26. The van der Waals surface area contributed by atoms with Crippen molar-refractivity contribution < 1.29 is 14.3 Å². The molecule has 0 spiro atoms. The van der Waals surface area contributed by atoms with Gasteiger partial charge in [-0.25, -0.2) is 4.79 Å². The molecule has 0 radical (unpaired) electrons. The summed E-state index contributed by atoms with van der Waals surface area (Å²) >= 11 is 6.54. The summed E-state index contributed by atoms with van der Waals surface area (Å²) in [6, 6.07) is 9.17. The van der Waals surface area contributed by atoms with Gasteiger partial charge in [0.25, 0.3) is 5.06 Å². The predicted octanol–water partition coefficient (Wildman–Crippen LogP) is 5.41. The summed E-state index contributed by atoms with van der Waals surface area (Å²) in [6.45, 7) is 5.09. The van der Waals surface area contributed by atoms with Crippen molar-refractivity contribution in [1.29, 1.82) is 0 Å². The number of halogens is 1. The van der Waals surface area contributed by atoms with Gasteiger partial charge in [-0.15, -0.1) is 0 Å². The van der Waals surface area contributed by atoms with Crippen LogP contribution in [0, 0.1) is 0 Å². The molecule has 0 aliphatic heterocycles. The fourth-order valence-corrected chi connectivity index (χ4v) is 2.52. The van der Waals surface area contributed by atoms with Crippen molar-refractivity contribution in [2.75, 3.05) is 13.2 Å². The molecule has 1 aromatic rings. The summed E-state index contributed by atoms with van der Waals surface area (Å²) in [7, 11) is 0. The minimum absolute atomic E-state index is 0.382. The second-order valence-electron chi connectivity index (χ2n) is 5.71. The van der Waals surface area contributed by atoms with E-state index in [0.717, 1.165) is 44.9 Å². The molecule has 1 rings (SSSR count). The Morgan fingerprint density at radius 2 is 1.57 bits per heavy atom. The van der Waals surface area contributed by atoms with Crippen molar-refractivity contribution in [2.24, 2.45) is 0 Å². The first-order valence-electron chi connectivity index (χ1n) is 8.70. The van der Waals surface area contributed by atoms with Gasteiger partial charge in [0.1, 0.15) is 0 Å². The topological polar surface area (TPSA) is 35.5 Å². The van der Waals surface area contributed by atoms with E-state index < -0.39 is 11.0 Å². The molecular weight excluding hydrogens is 312 g/mol. The molecule has 1 aromatic carbocycles. The molecule has 3 nitrogen and oxygen atoms in total. The number of rotatable bonds is 12. The molecule has 4 heteroatoms. The molecule has 0 heterocycles. The van der Waals surface area contributed by atoms with E-state index in [2.05, 4.69) is 13.8 Å². The number of alkyl halides is 1. The number of carbonyl (C=O) groups is 1. The van der Waals surface area contributed by atoms with Crippen LogP contribution >= 0.6 is 11.6 Å². The second kappa shape index (κ2) is 11.5. The molecular formula is C19H29ClO3. The van der Waals surface area contributed by atoms with E-state index in [1.807, 2.05) is 18.2 Å². The molecule has 23 heavy (non-hydrogen) atoms. The van der Waals surface area contributed by atoms with Crippen molar-refractivity contribution in [3.05, 3.63) is 35.9 Å². The first kappa shape index (κ1) is 20.0. The lowest BCUT2D eigenvalue weighted by atomic mass is 10.1. The van der Waals surface area contributed by atoms with Crippen molar-refractivity contribution in [3.63, 3.8) is 0 Å². The number of esters is 1. The van der Waals surface area contributed by atoms with Crippen LogP contribution in [-0.2, 0) is 19.3 Å². The monoisotopic (exact) mass is 340 g/mol. The quantitative estimate of drug-likeness (QED) is 0.290. The van der Waals surface area contributed by atoms with Crippen LogP contribution in [0.4, 0.5) is 0 Å². The van der Waals surface area contributed by atoms with E-state index in [1.54, 1.807) is 12.1 Å². The van der Waals surface area contributed by atoms with E-state index in [0.29, 0.717) is 18.8 Å². The van der Waals surface area contributed by atoms with Gasteiger partial charge in [-0.2, -0.15) is 0 Å². The minimum Gasteiger partial charge on any atom is -0.462 e. The highest BCUT2D eigenvalue weighted by molar-refractivity contribution is 6.32. The van der Waals surface area contributed by atoms with E-state index in [9.17, 15) is 4.79 Å². The van der Waals surface area contributed by atoms with Crippen molar-refractivity contribution in [2.45, 2.75) is 63.9 Å². The first-order chi connectivity index (χ1) is 11.1. The summed E-state index contributed by atoms with van der Waals surface area (Å²) in [4.78, 5) is 12.5. The van der Waals surface area contributed by atoms with E-state index in [1.165, 1.54) is 0 Å². The van der Waals surface area contributed by atoms with Crippen LogP contribution in [0.5, 0.6) is 0 Å². The van der Waals surface area contributed by atoms with Gasteiger partial charge in [-0.3, -0.25) is 0 Å². The van der Waals surface area contributed by atoms with E-state index in [-0.39, 0.29) is 0 Å². The van der Waals surface area contributed by atoms with Crippen molar-refractivity contribution in [1.82, 2.24) is 0 Å². The predicted molar refractivity (Wildman–Crippen MR) is 94.6 cm³/mol. The lowest BCUT2D eigenvalue weighted by Crippen LogP contribution is -2.35. The Bertz CT molecular complexity index is 436. The SMILES string of the molecule is CCCCCCOC(Cl)(C(=O)OCCCCC)c1ccccc1. The van der Waals surface area contributed by atoms with Gasteiger partial charge in [0.15, 0.2) is 0 Å². The van der Waals surface area contributed by atoms with Crippen LogP contribution in [0.3, 0.4) is 0 Å². The molecule has 0 bridgehead atoms. The lowest BCUT2D eigenvalue weighted by Gasteiger charge is -2.26. The number of hydrogen-bond acceptors (Lipinski definition) is 3. The van der Waals surface area contributed by atoms with E-state index >= 15 is 0 Å². The van der Waals surface area contributed by atoms with Gasteiger partial charge >= 0.3 is 5.97 Å². The first-order valence-corrected chi connectivity index (χ1v) is 9.08. The van der Waals surface area contributed by atoms with Gasteiger partial charge in [-0.1, -0.05) is 87.9 Å². The number of hydrogen-bond donors (Lipinski definition) is 0. The molecule has 0 aromatic heterocycles. The highest BCUT2D eigenvalue weighted by Gasteiger charge is 2.41.